The SMILES string of the molecule is CN(CCCNC(=O)OC(C)(C)C)Cc1ccc(-c2ccnc(Cc3cc(CNC(COC(C)(C)C)C(=O)OC(C)(C)C)cc(N4CCOCC4)c3)n2)cc1. The van der Waals surface area contributed by atoms with Crippen molar-refractivity contribution < 1.29 is 28.5 Å². The zero-order valence-corrected chi connectivity index (χ0v) is 34.8. The maximum atomic E-state index is 13.2. The molecule has 12 heteroatoms. The minimum absolute atomic E-state index is 0.196. The first-order valence-electron chi connectivity index (χ1n) is 19.4. The van der Waals surface area contributed by atoms with Crippen molar-refractivity contribution in [2.45, 2.75) is 111 Å². The van der Waals surface area contributed by atoms with E-state index in [1.165, 1.54) is 5.56 Å². The molecule has 1 unspecified atom stereocenters. The van der Waals surface area contributed by atoms with Crippen molar-refractivity contribution in [2.24, 2.45) is 0 Å². The second-order valence-electron chi connectivity index (χ2n) is 17.2. The smallest absolute Gasteiger partial charge is 0.407 e. The highest BCUT2D eigenvalue weighted by Gasteiger charge is 2.27. The van der Waals surface area contributed by atoms with Gasteiger partial charge in [0.2, 0.25) is 0 Å². The summed E-state index contributed by atoms with van der Waals surface area (Å²) in [6, 6.07) is 16.3. The molecular weight excluding hydrogens is 697 g/mol. The minimum Gasteiger partial charge on any atom is -0.459 e. The van der Waals surface area contributed by atoms with E-state index in [4.69, 9.17) is 23.9 Å². The van der Waals surface area contributed by atoms with Crippen LogP contribution in [0.25, 0.3) is 11.3 Å². The standard InChI is InChI=1S/C43H64N6O6/c1-41(2,3)53-30-37(39(50)54-42(4,5)6)46-28-33-24-32(25-35(26-33)49-20-22-52-23-21-49)27-38-44-18-16-36(47-38)34-14-12-31(13-15-34)29-48(10)19-11-17-45-40(51)55-43(7,8)9/h12-16,18,24-26,37,46H,11,17,19-23,27-30H2,1-10H3,(H,45,51). The fourth-order valence-electron chi connectivity index (χ4n) is 5.96. The average molecular weight is 761 g/mol. The third-order valence-corrected chi connectivity index (χ3v) is 8.50. The summed E-state index contributed by atoms with van der Waals surface area (Å²) in [5.74, 6) is 0.390. The van der Waals surface area contributed by atoms with Crippen molar-refractivity contribution >= 4 is 17.7 Å². The third-order valence-electron chi connectivity index (χ3n) is 8.50. The van der Waals surface area contributed by atoms with Gasteiger partial charge in [-0.25, -0.2) is 14.8 Å². The van der Waals surface area contributed by atoms with Crippen LogP contribution in [0.4, 0.5) is 10.5 Å². The number of carbonyl (C=O) groups is 2. The summed E-state index contributed by atoms with van der Waals surface area (Å²) in [6.45, 7) is 22.9. The van der Waals surface area contributed by atoms with Crippen LogP contribution < -0.4 is 15.5 Å². The van der Waals surface area contributed by atoms with Crippen molar-refractivity contribution in [3.8, 4) is 11.3 Å². The molecule has 2 N–H and O–H groups in total. The van der Waals surface area contributed by atoms with Crippen LogP contribution in [0, 0.1) is 0 Å². The van der Waals surface area contributed by atoms with E-state index in [1.54, 1.807) is 0 Å². The summed E-state index contributed by atoms with van der Waals surface area (Å²) in [5, 5.41) is 6.25. The zero-order chi connectivity index (χ0) is 40.2. The molecule has 4 rings (SSSR count). The number of hydrogen-bond acceptors (Lipinski definition) is 11. The van der Waals surface area contributed by atoms with Crippen LogP contribution in [0.5, 0.6) is 0 Å². The maximum Gasteiger partial charge on any atom is 0.407 e. The number of morpholine rings is 1. The van der Waals surface area contributed by atoms with Crippen molar-refractivity contribution in [1.82, 2.24) is 25.5 Å². The lowest BCUT2D eigenvalue weighted by atomic mass is 10.0. The van der Waals surface area contributed by atoms with Crippen LogP contribution in [-0.4, -0.2) is 103 Å². The Morgan fingerprint density at radius 2 is 1.55 bits per heavy atom. The molecule has 0 spiro atoms. The third kappa shape index (κ3) is 16.3. The predicted octanol–water partition coefficient (Wildman–Crippen LogP) is 6.53. The first-order valence-corrected chi connectivity index (χ1v) is 19.4. The maximum absolute atomic E-state index is 13.2. The number of esters is 1. The normalized spacial score (nSPS) is 14.5. The van der Waals surface area contributed by atoms with Gasteiger partial charge in [0.05, 0.1) is 31.1 Å². The first kappa shape index (κ1) is 43.6. The van der Waals surface area contributed by atoms with Gasteiger partial charge in [-0.15, -0.1) is 0 Å². The molecule has 1 atom stereocenters. The molecule has 1 aliphatic rings. The van der Waals surface area contributed by atoms with Crippen LogP contribution in [0.15, 0.2) is 54.7 Å². The number of nitrogens with zero attached hydrogens (tertiary/aromatic N) is 4. The van der Waals surface area contributed by atoms with Crippen LogP contribution in [-0.2, 0) is 43.3 Å². The first-order chi connectivity index (χ1) is 25.8. The Labute approximate surface area is 328 Å². The number of nitrogens with one attached hydrogen (secondary N) is 2. The lowest BCUT2D eigenvalue weighted by Gasteiger charge is -2.30. The highest BCUT2D eigenvalue weighted by atomic mass is 16.6. The Morgan fingerprint density at radius 3 is 2.20 bits per heavy atom. The number of anilines is 1. The van der Waals surface area contributed by atoms with Gasteiger partial charge in [-0.1, -0.05) is 30.3 Å². The molecule has 12 nitrogen and oxygen atoms in total. The number of hydrogen-bond donors (Lipinski definition) is 2. The lowest BCUT2D eigenvalue weighted by molar-refractivity contribution is -0.160. The summed E-state index contributed by atoms with van der Waals surface area (Å²) >= 11 is 0. The Hall–Kier alpha value is -4.10. The molecule has 302 valence electrons. The Morgan fingerprint density at radius 1 is 0.873 bits per heavy atom. The molecular formula is C43H64N6O6. The second-order valence-corrected chi connectivity index (χ2v) is 17.2. The monoisotopic (exact) mass is 760 g/mol. The van der Waals surface area contributed by atoms with Crippen LogP contribution >= 0.6 is 0 Å². The van der Waals surface area contributed by atoms with Crippen LogP contribution in [0.1, 0.15) is 91.2 Å². The summed E-state index contributed by atoms with van der Waals surface area (Å²) in [7, 11) is 2.08. The summed E-state index contributed by atoms with van der Waals surface area (Å²) in [5.41, 5.74) is 4.79. The highest BCUT2D eigenvalue weighted by molar-refractivity contribution is 5.76. The van der Waals surface area contributed by atoms with Gasteiger partial charge >= 0.3 is 12.1 Å². The van der Waals surface area contributed by atoms with Gasteiger partial charge in [-0.05, 0) is 117 Å². The highest BCUT2D eigenvalue weighted by Crippen LogP contribution is 2.24. The van der Waals surface area contributed by atoms with Crippen molar-refractivity contribution in [3.63, 3.8) is 0 Å². The molecule has 1 aliphatic heterocycles. The topological polar surface area (TPSA) is 127 Å². The van der Waals surface area contributed by atoms with Gasteiger partial charge in [0.15, 0.2) is 0 Å². The van der Waals surface area contributed by atoms with Gasteiger partial charge in [0.1, 0.15) is 23.1 Å². The molecule has 1 fully saturated rings. The Bertz CT molecular complexity index is 1670. The van der Waals surface area contributed by atoms with Crippen LogP contribution in [0.2, 0.25) is 0 Å². The number of carbonyl (C=O) groups excluding carboxylic acids is 2. The summed E-state index contributed by atoms with van der Waals surface area (Å²) in [4.78, 5) is 39.3. The molecule has 0 saturated carbocycles. The van der Waals surface area contributed by atoms with E-state index in [0.717, 1.165) is 66.5 Å². The van der Waals surface area contributed by atoms with Crippen LogP contribution in [0.3, 0.4) is 0 Å². The minimum atomic E-state index is -0.631. The van der Waals surface area contributed by atoms with Gasteiger partial charge in [0.25, 0.3) is 0 Å². The number of ether oxygens (including phenoxy) is 4. The van der Waals surface area contributed by atoms with Crippen molar-refractivity contribution in [1.29, 1.82) is 0 Å². The molecule has 3 aromatic rings. The number of benzene rings is 2. The summed E-state index contributed by atoms with van der Waals surface area (Å²) < 4.78 is 22.7. The summed E-state index contributed by atoms with van der Waals surface area (Å²) in [6.07, 6.45) is 2.81. The Balaban J connectivity index is 1.43. The Kier molecular flexibility index (Phi) is 15.6. The molecule has 55 heavy (non-hydrogen) atoms. The van der Waals surface area contributed by atoms with E-state index in [0.29, 0.717) is 32.7 Å². The molecule has 1 saturated heterocycles. The second kappa shape index (κ2) is 19.7. The number of alkyl carbamates (subject to hydrolysis) is 1. The van der Waals surface area contributed by atoms with E-state index in [-0.39, 0.29) is 18.7 Å². The molecule has 0 bridgehead atoms. The lowest BCUT2D eigenvalue weighted by Crippen LogP contribution is -2.45. The number of aromatic nitrogens is 2. The zero-order valence-electron chi connectivity index (χ0n) is 34.8. The van der Waals surface area contributed by atoms with E-state index in [1.807, 2.05) is 74.6 Å². The quantitative estimate of drug-likeness (QED) is 0.122. The van der Waals surface area contributed by atoms with Gasteiger partial charge in [0, 0.05) is 56.6 Å². The molecule has 0 radical (unpaired) electrons. The van der Waals surface area contributed by atoms with Gasteiger partial charge < -0.3 is 34.1 Å². The van der Waals surface area contributed by atoms with E-state index < -0.39 is 22.8 Å². The molecule has 0 aliphatic carbocycles. The van der Waals surface area contributed by atoms with Gasteiger partial charge in [-0.3, -0.25) is 10.1 Å². The molecule has 2 aromatic carbocycles. The molecule has 1 aromatic heterocycles. The number of rotatable bonds is 16. The number of amides is 1. The predicted molar refractivity (Wildman–Crippen MR) is 217 cm³/mol. The van der Waals surface area contributed by atoms with Crippen molar-refractivity contribution in [3.05, 3.63) is 77.2 Å². The fourth-order valence-corrected chi connectivity index (χ4v) is 5.96. The van der Waals surface area contributed by atoms with E-state index in [9.17, 15) is 9.59 Å². The largest absolute Gasteiger partial charge is 0.459 e. The van der Waals surface area contributed by atoms with Crippen molar-refractivity contribution in [2.75, 3.05) is 57.9 Å². The van der Waals surface area contributed by atoms with Gasteiger partial charge in [-0.2, -0.15) is 0 Å². The van der Waals surface area contributed by atoms with E-state index in [2.05, 4.69) is 74.9 Å². The average Bonchev–Trinajstić information content (AvgIpc) is 3.09. The fraction of sp³-hybridized carbons (Fsp3) is 0.581. The molecule has 2 heterocycles. The molecule has 1 amide bonds. The van der Waals surface area contributed by atoms with E-state index >= 15 is 0 Å².